The quantitative estimate of drug-likeness (QED) is 0.532. The summed E-state index contributed by atoms with van der Waals surface area (Å²) in [6.45, 7) is 17.4. The summed E-state index contributed by atoms with van der Waals surface area (Å²) >= 11 is 3.21. The molecule has 1 aliphatic rings. The Morgan fingerprint density at radius 1 is 1.16 bits per heavy atom. The van der Waals surface area contributed by atoms with Gasteiger partial charge >= 0.3 is 0 Å². The molecule has 1 fully saturated rings. The summed E-state index contributed by atoms with van der Waals surface area (Å²) in [6, 6.07) is 3.66. The van der Waals surface area contributed by atoms with Gasteiger partial charge in [0.05, 0.1) is 22.7 Å². The van der Waals surface area contributed by atoms with Crippen molar-refractivity contribution in [3.8, 4) is 5.75 Å². The molecule has 0 spiro atoms. The largest absolute Gasteiger partial charge is 0.507 e. The average molecular weight is 509 g/mol. The van der Waals surface area contributed by atoms with Crippen molar-refractivity contribution < 1.29 is 14.7 Å². The zero-order valence-electron chi connectivity index (χ0n) is 20.7. The molecule has 6 nitrogen and oxygen atoms in total. The molecule has 1 saturated heterocycles. The second-order valence-corrected chi connectivity index (χ2v) is 11.4. The Labute approximate surface area is 201 Å². The van der Waals surface area contributed by atoms with Crippen LogP contribution in [0.5, 0.6) is 5.75 Å². The number of Topliss-reactive ketones (excluding diaryl/α,β-unsaturated/α-hetero) is 1. The first-order valence-electron chi connectivity index (χ1n) is 11.3. The third-order valence-electron chi connectivity index (χ3n) is 5.95. The molecule has 0 bridgehead atoms. The third kappa shape index (κ3) is 6.12. The maximum absolute atomic E-state index is 13.3. The van der Waals surface area contributed by atoms with Crippen molar-refractivity contribution in [1.82, 2.24) is 10.2 Å². The lowest BCUT2D eigenvalue weighted by molar-refractivity contribution is -0.124. The number of ketones is 1. The Kier molecular flexibility index (Phi) is 8.19. The molecular weight excluding hydrogens is 470 g/mol. The summed E-state index contributed by atoms with van der Waals surface area (Å²) in [5.41, 5.74) is 1.56. The number of phenolic OH excluding ortho intramolecular Hbond substituents is 1. The van der Waals surface area contributed by atoms with Crippen LogP contribution in [0.4, 0.5) is 0 Å². The zero-order chi connectivity index (χ0) is 24.4. The van der Waals surface area contributed by atoms with Gasteiger partial charge in [-0.05, 0) is 29.4 Å². The highest BCUT2D eigenvalue weighted by molar-refractivity contribution is 9.08. The SMILES string of the molecule is CC(C)C(=O)NCC1CCN(CC(=O)c2cc(C(C)(C)C)c(O)c(C(C)(C)C)c2)C1=NBr. The van der Waals surface area contributed by atoms with Crippen LogP contribution in [-0.4, -0.2) is 47.2 Å². The zero-order valence-corrected chi connectivity index (χ0v) is 22.3. The molecule has 0 saturated carbocycles. The number of carbonyl (C=O) groups excluding carboxylic acids is 2. The van der Waals surface area contributed by atoms with Crippen molar-refractivity contribution in [1.29, 1.82) is 0 Å². The Balaban J connectivity index is 2.26. The molecule has 1 amide bonds. The minimum Gasteiger partial charge on any atom is -0.507 e. The van der Waals surface area contributed by atoms with Gasteiger partial charge in [0.25, 0.3) is 0 Å². The predicted molar refractivity (Wildman–Crippen MR) is 134 cm³/mol. The van der Waals surface area contributed by atoms with Crippen LogP contribution in [0.1, 0.15) is 83.3 Å². The van der Waals surface area contributed by atoms with E-state index in [4.69, 9.17) is 0 Å². The number of amidine groups is 1. The fourth-order valence-electron chi connectivity index (χ4n) is 3.92. The lowest BCUT2D eigenvalue weighted by Crippen LogP contribution is -2.37. The molecule has 1 unspecified atom stereocenters. The Morgan fingerprint density at radius 3 is 2.12 bits per heavy atom. The van der Waals surface area contributed by atoms with E-state index in [0.717, 1.165) is 23.4 Å². The molecule has 1 aliphatic heterocycles. The van der Waals surface area contributed by atoms with Gasteiger partial charge in [-0.15, -0.1) is 0 Å². The maximum atomic E-state index is 13.3. The van der Waals surface area contributed by atoms with E-state index in [1.54, 1.807) is 0 Å². The monoisotopic (exact) mass is 507 g/mol. The minimum absolute atomic E-state index is 0.0125. The Hall–Kier alpha value is -1.89. The summed E-state index contributed by atoms with van der Waals surface area (Å²) in [4.78, 5) is 27.2. The van der Waals surface area contributed by atoms with Gasteiger partial charge < -0.3 is 15.3 Å². The van der Waals surface area contributed by atoms with Crippen LogP contribution < -0.4 is 5.32 Å². The molecule has 1 aromatic rings. The molecule has 178 valence electrons. The maximum Gasteiger partial charge on any atom is 0.222 e. The number of halogens is 1. The van der Waals surface area contributed by atoms with Crippen molar-refractivity contribution in [3.05, 3.63) is 28.8 Å². The van der Waals surface area contributed by atoms with Crippen molar-refractivity contribution in [2.45, 2.75) is 72.6 Å². The number of hydrogen-bond acceptors (Lipinski definition) is 4. The Morgan fingerprint density at radius 2 is 1.69 bits per heavy atom. The van der Waals surface area contributed by atoms with Crippen molar-refractivity contribution >= 4 is 33.7 Å². The first-order valence-corrected chi connectivity index (χ1v) is 12.0. The van der Waals surface area contributed by atoms with Crippen LogP contribution in [0.15, 0.2) is 16.2 Å². The number of nitrogens with zero attached hydrogens (tertiary/aromatic N) is 2. The van der Waals surface area contributed by atoms with E-state index in [-0.39, 0.29) is 46.7 Å². The van der Waals surface area contributed by atoms with E-state index < -0.39 is 0 Å². The topological polar surface area (TPSA) is 82.0 Å². The van der Waals surface area contributed by atoms with E-state index in [2.05, 4.69) is 25.5 Å². The summed E-state index contributed by atoms with van der Waals surface area (Å²) in [7, 11) is 0. The van der Waals surface area contributed by atoms with Gasteiger partial charge in [-0.25, -0.2) is 0 Å². The number of hydrogen-bond donors (Lipinski definition) is 2. The number of rotatable bonds is 6. The molecular formula is C25H38BrN3O3. The Bertz CT molecular complexity index is 860. The fourth-order valence-corrected chi connectivity index (χ4v) is 4.43. The number of benzene rings is 1. The van der Waals surface area contributed by atoms with Crippen LogP contribution >= 0.6 is 16.1 Å². The highest BCUT2D eigenvalue weighted by Crippen LogP contribution is 2.40. The smallest absolute Gasteiger partial charge is 0.222 e. The molecule has 32 heavy (non-hydrogen) atoms. The van der Waals surface area contributed by atoms with Crippen LogP contribution in [-0.2, 0) is 15.6 Å². The molecule has 0 aliphatic carbocycles. The minimum atomic E-state index is -0.295. The highest BCUT2D eigenvalue weighted by atomic mass is 79.9. The molecule has 1 atom stereocenters. The first kappa shape index (κ1) is 26.4. The van der Waals surface area contributed by atoms with Crippen LogP contribution in [0.3, 0.4) is 0 Å². The molecule has 7 heteroatoms. The number of likely N-dealkylation sites (tertiary alicyclic amines) is 1. The van der Waals surface area contributed by atoms with Gasteiger partial charge in [0, 0.05) is 41.6 Å². The molecule has 1 heterocycles. The second kappa shape index (κ2) is 9.94. The molecule has 0 aromatic heterocycles. The first-order chi connectivity index (χ1) is 14.7. The third-order valence-corrected chi connectivity index (χ3v) is 6.32. The van der Waals surface area contributed by atoms with Crippen molar-refractivity contribution in [2.24, 2.45) is 15.9 Å². The normalized spacial score (nSPS) is 18.5. The van der Waals surface area contributed by atoms with Gasteiger partial charge in [-0.2, -0.15) is 4.02 Å². The van der Waals surface area contributed by atoms with Crippen LogP contribution in [0, 0.1) is 11.8 Å². The molecule has 0 radical (unpaired) electrons. The number of nitrogens with one attached hydrogen (secondary N) is 1. The summed E-state index contributed by atoms with van der Waals surface area (Å²) < 4.78 is 4.26. The van der Waals surface area contributed by atoms with E-state index in [9.17, 15) is 14.7 Å². The van der Waals surface area contributed by atoms with E-state index in [1.807, 2.05) is 72.4 Å². The molecule has 1 aromatic carbocycles. The summed E-state index contributed by atoms with van der Waals surface area (Å²) in [6.07, 6.45) is 0.826. The van der Waals surface area contributed by atoms with E-state index in [1.165, 1.54) is 0 Å². The predicted octanol–water partition coefficient (Wildman–Crippen LogP) is 4.97. The molecule has 2 rings (SSSR count). The van der Waals surface area contributed by atoms with Crippen molar-refractivity contribution in [2.75, 3.05) is 19.6 Å². The standard InChI is InChI=1S/C25H38BrN3O3/c1-15(2)23(32)27-13-16-9-10-29(22(16)28-26)14-20(30)17-11-18(24(3,4)5)21(31)19(12-17)25(6,7)8/h11-12,15-16,31H,9-10,13-14H2,1-8H3,(H,27,32). The van der Waals surface area contributed by atoms with Crippen molar-refractivity contribution in [3.63, 3.8) is 0 Å². The van der Waals surface area contributed by atoms with E-state index >= 15 is 0 Å². The van der Waals surface area contributed by atoms with Gasteiger partial charge in [0.1, 0.15) is 11.6 Å². The number of phenols is 1. The number of aromatic hydroxyl groups is 1. The molecule has 2 N–H and O–H groups in total. The second-order valence-electron chi connectivity index (χ2n) is 11.1. The fraction of sp³-hybridized carbons (Fsp3) is 0.640. The van der Waals surface area contributed by atoms with E-state index in [0.29, 0.717) is 18.7 Å². The lowest BCUT2D eigenvalue weighted by atomic mass is 9.78. The number of amides is 1. The van der Waals surface area contributed by atoms with Gasteiger partial charge in [-0.1, -0.05) is 55.4 Å². The lowest BCUT2D eigenvalue weighted by Gasteiger charge is -2.28. The van der Waals surface area contributed by atoms with Crippen LogP contribution in [0.25, 0.3) is 0 Å². The summed E-state index contributed by atoms with van der Waals surface area (Å²) in [5, 5.41) is 13.9. The van der Waals surface area contributed by atoms with Gasteiger partial charge in [-0.3, -0.25) is 9.59 Å². The van der Waals surface area contributed by atoms with Gasteiger partial charge in [0.2, 0.25) is 5.91 Å². The number of carbonyl (C=O) groups is 2. The highest BCUT2D eigenvalue weighted by Gasteiger charge is 2.33. The average Bonchev–Trinajstić information content (AvgIpc) is 3.05. The van der Waals surface area contributed by atoms with Gasteiger partial charge in [0.15, 0.2) is 5.78 Å². The van der Waals surface area contributed by atoms with Crippen LogP contribution in [0.2, 0.25) is 0 Å². The summed E-state index contributed by atoms with van der Waals surface area (Å²) in [5.74, 6) is 1.06.